The van der Waals surface area contributed by atoms with Gasteiger partial charge in [0.05, 0.1) is 5.56 Å². The minimum absolute atomic E-state index is 0.0840. The number of hydrogen-bond donors (Lipinski definition) is 0. The Kier molecular flexibility index (Phi) is 5.77. The topological polar surface area (TPSA) is 0 Å². The van der Waals surface area contributed by atoms with Crippen LogP contribution in [0.1, 0.15) is 87.8 Å². The fraction of sp³-hybridized carbons (Fsp3) is 0.750. The van der Waals surface area contributed by atoms with Crippen LogP contribution < -0.4 is 0 Å². The van der Waals surface area contributed by atoms with Gasteiger partial charge in [-0.25, -0.2) is 17.6 Å². The first kappa shape index (κ1) is 20.2. The predicted molar refractivity (Wildman–Crippen MR) is 103 cm³/mol. The van der Waals surface area contributed by atoms with E-state index in [1.165, 1.54) is 38.2 Å². The molecular formula is C24H32F4. The minimum atomic E-state index is -3.26. The van der Waals surface area contributed by atoms with Gasteiger partial charge in [-0.2, -0.15) is 0 Å². The zero-order chi connectivity index (χ0) is 19.9. The molecule has 4 rings (SSSR count). The number of benzene rings is 1. The van der Waals surface area contributed by atoms with Crippen molar-refractivity contribution in [2.75, 3.05) is 0 Å². The molecule has 1 aromatic carbocycles. The van der Waals surface area contributed by atoms with Gasteiger partial charge in [0, 0.05) is 5.92 Å². The second-order valence-electron chi connectivity index (χ2n) is 9.45. The van der Waals surface area contributed by atoms with Crippen molar-refractivity contribution in [2.45, 2.75) is 89.9 Å². The number of alkyl halides is 2. The SMILES string of the molecule is CCCc1cc2c(c(F)c1F)C(F)(F)C(C1CCC(C3CCCCC3)CC1)C2. The third-order valence-electron chi connectivity index (χ3n) is 7.82. The molecule has 0 aliphatic heterocycles. The van der Waals surface area contributed by atoms with Gasteiger partial charge >= 0.3 is 0 Å². The number of halogens is 4. The van der Waals surface area contributed by atoms with Gasteiger partial charge in [0.15, 0.2) is 11.6 Å². The summed E-state index contributed by atoms with van der Waals surface area (Å²) in [5.74, 6) is -5.13. The van der Waals surface area contributed by atoms with Crippen molar-refractivity contribution < 1.29 is 17.6 Å². The van der Waals surface area contributed by atoms with Gasteiger partial charge in [0.1, 0.15) is 0 Å². The molecule has 0 nitrogen and oxygen atoms in total. The highest BCUT2D eigenvalue weighted by Crippen LogP contribution is 2.54. The van der Waals surface area contributed by atoms with E-state index in [0.29, 0.717) is 24.3 Å². The second-order valence-corrected chi connectivity index (χ2v) is 9.45. The molecule has 0 amide bonds. The minimum Gasteiger partial charge on any atom is -0.203 e. The van der Waals surface area contributed by atoms with Crippen molar-refractivity contribution in [3.05, 3.63) is 34.4 Å². The third-order valence-corrected chi connectivity index (χ3v) is 7.82. The van der Waals surface area contributed by atoms with E-state index in [9.17, 15) is 8.78 Å². The third kappa shape index (κ3) is 3.50. The summed E-state index contributed by atoms with van der Waals surface area (Å²) < 4.78 is 59.3. The molecule has 1 atom stereocenters. The predicted octanol–water partition coefficient (Wildman–Crippen LogP) is 7.57. The fourth-order valence-electron chi connectivity index (χ4n) is 6.35. The molecule has 156 valence electrons. The number of hydrogen-bond acceptors (Lipinski definition) is 0. The summed E-state index contributed by atoms with van der Waals surface area (Å²) in [5.41, 5.74) is -0.0628. The Bertz CT molecular complexity index is 697. The largest absolute Gasteiger partial charge is 0.279 e. The first-order valence-corrected chi connectivity index (χ1v) is 11.3. The standard InChI is InChI=1S/C24H32F4/c1-2-6-18-13-19-14-20(24(27,28)21(19)23(26)22(18)25)17-11-9-16(10-12-17)15-7-4-3-5-8-15/h13,15-17,20H,2-12,14H2,1H3. The van der Waals surface area contributed by atoms with Crippen LogP contribution in [0.4, 0.5) is 17.6 Å². The van der Waals surface area contributed by atoms with Crippen LogP contribution in [-0.4, -0.2) is 0 Å². The quantitative estimate of drug-likeness (QED) is 0.460. The van der Waals surface area contributed by atoms with Crippen LogP contribution in [0, 0.1) is 35.3 Å². The van der Waals surface area contributed by atoms with Gasteiger partial charge in [-0.15, -0.1) is 0 Å². The number of fused-ring (bicyclic) bond motifs is 1. The van der Waals surface area contributed by atoms with Crippen LogP contribution >= 0.6 is 0 Å². The van der Waals surface area contributed by atoms with Crippen molar-refractivity contribution in [3.63, 3.8) is 0 Å². The smallest absolute Gasteiger partial charge is 0.203 e. The van der Waals surface area contributed by atoms with Crippen molar-refractivity contribution in [1.29, 1.82) is 0 Å². The van der Waals surface area contributed by atoms with Gasteiger partial charge in [0.25, 0.3) is 5.92 Å². The molecule has 3 aliphatic carbocycles. The molecule has 0 bridgehead atoms. The van der Waals surface area contributed by atoms with E-state index >= 15 is 8.78 Å². The van der Waals surface area contributed by atoms with Crippen LogP contribution in [-0.2, 0) is 18.8 Å². The molecule has 2 saturated carbocycles. The summed E-state index contributed by atoms with van der Waals surface area (Å²) in [6, 6.07) is 1.51. The Morgan fingerprint density at radius 1 is 0.857 bits per heavy atom. The van der Waals surface area contributed by atoms with Crippen LogP contribution in [0.15, 0.2) is 6.07 Å². The van der Waals surface area contributed by atoms with Gasteiger partial charge in [-0.05, 0) is 67.4 Å². The number of aryl methyl sites for hydroxylation is 1. The summed E-state index contributed by atoms with van der Waals surface area (Å²) >= 11 is 0. The summed E-state index contributed by atoms with van der Waals surface area (Å²) in [7, 11) is 0. The lowest BCUT2D eigenvalue weighted by Gasteiger charge is -2.39. The molecule has 0 spiro atoms. The van der Waals surface area contributed by atoms with Gasteiger partial charge < -0.3 is 0 Å². The van der Waals surface area contributed by atoms with E-state index in [0.717, 1.165) is 31.6 Å². The maximum atomic E-state index is 15.2. The highest BCUT2D eigenvalue weighted by molar-refractivity contribution is 5.42. The lowest BCUT2D eigenvalue weighted by molar-refractivity contribution is -0.0855. The summed E-state index contributed by atoms with van der Waals surface area (Å²) in [5, 5.41) is 0. The Hall–Kier alpha value is -1.06. The van der Waals surface area contributed by atoms with E-state index in [2.05, 4.69) is 0 Å². The van der Waals surface area contributed by atoms with E-state index in [1.807, 2.05) is 6.92 Å². The average molecular weight is 397 g/mol. The van der Waals surface area contributed by atoms with Crippen LogP contribution in [0.25, 0.3) is 0 Å². The Balaban J connectivity index is 1.49. The zero-order valence-electron chi connectivity index (χ0n) is 16.9. The monoisotopic (exact) mass is 396 g/mol. The first-order valence-electron chi connectivity index (χ1n) is 11.3. The second kappa shape index (κ2) is 7.99. The molecule has 1 aromatic rings. The van der Waals surface area contributed by atoms with E-state index in [1.54, 1.807) is 0 Å². The van der Waals surface area contributed by atoms with Crippen LogP contribution in [0.5, 0.6) is 0 Å². The lowest BCUT2D eigenvalue weighted by Crippen LogP contribution is -2.33. The molecule has 0 saturated heterocycles. The summed E-state index contributed by atoms with van der Waals surface area (Å²) in [4.78, 5) is 0. The summed E-state index contributed by atoms with van der Waals surface area (Å²) in [6.07, 6.45) is 11.5. The van der Waals surface area contributed by atoms with Crippen molar-refractivity contribution in [1.82, 2.24) is 0 Å². The van der Waals surface area contributed by atoms with Gasteiger partial charge in [-0.1, -0.05) is 51.5 Å². The molecular weight excluding hydrogens is 364 g/mol. The molecule has 0 radical (unpaired) electrons. The van der Waals surface area contributed by atoms with Crippen LogP contribution in [0.2, 0.25) is 0 Å². The Morgan fingerprint density at radius 3 is 2.11 bits per heavy atom. The van der Waals surface area contributed by atoms with Crippen molar-refractivity contribution >= 4 is 0 Å². The fourth-order valence-corrected chi connectivity index (χ4v) is 6.35. The van der Waals surface area contributed by atoms with E-state index in [-0.39, 0.29) is 17.9 Å². The Morgan fingerprint density at radius 2 is 1.46 bits per heavy atom. The molecule has 4 heteroatoms. The summed E-state index contributed by atoms with van der Waals surface area (Å²) in [6.45, 7) is 1.88. The zero-order valence-corrected chi connectivity index (χ0v) is 16.9. The van der Waals surface area contributed by atoms with Gasteiger partial charge in [0.2, 0.25) is 0 Å². The number of rotatable bonds is 4. The average Bonchev–Trinajstić information content (AvgIpc) is 2.97. The maximum Gasteiger partial charge on any atom is 0.279 e. The van der Waals surface area contributed by atoms with Crippen LogP contribution in [0.3, 0.4) is 0 Å². The van der Waals surface area contributed by atoms with Crippen molar-refractivity contribution in [3.8, 4) is 0 Å². The van der Waals surface area contributed by atoms with Crippen molar-refractivity contribution in [2.24, 2.45) is 23.7 Å². The van der Waals surface area contributed by atoms with E-state index < -0.39 is 29.0 Å². The lowest BCUT2D eigenvalue weighted by atomic mass is 9.68. The highest BCUT2D eigenvalue weighted by atomic mass is 19.3. The van der Waals surface area contributed by atoms with Gasteiger partial charge in [-0.3, -0.25) is 0 Å². The molecule has 3 aliphatic rings. The molecule has 28 heavy (non-hydrogen) atoms. The first-order chi connectivity index (χ1) is 13.4. The van der Waals surface area contributed by atoms with E-state index in [4.69, 9.17) is 0 Å². The molecule has 0 aromatic heterocycles. The normalized spacial score (nSPS) is 30.4. The molecule has 1 unspecified atom stereocenters. The molecule has 2 fully saturated rings. The highest BCUT2D eigenvalue weighted by Gasteiger charge is 2.54. The Labute approximate surface area is 166 Å². The molecule has 0 N–H and O–H groups in total. The molecule has 0 heterocycles. The maximum absolute atomic E-state index is 15.2.